The smallest absolute Gasteiger partial charge is 0.309 e. The van der Waals surface area contributed by atoms with Crippen LogP contribution in [0.4, 0.5) is 0 Å². The molecule has 0 spiro atoms. The second-order valence-corrected chi connectivity index (χ2v) is 7.44. The van der Waals surface area contributed by atoms with Crippen LogP contribution in [0.15, 0.2) is 18.3 Å². The van der Waals surface area contributed by atoms with Gasteiger partial charge in [-0.15, -0.1) is 0 Å². The molecule has 0 aromatic carbocycles. The van der Waals surface area contributed by atoms with Crippen molar-refractivity contribution in [2.75, 3.05) is 13.2 Å². The van der Waals surface area contributed by atoms with Crippen LogP contribution in [0.3, 0.4) is 0 Å². The molecule has 1 aromatic rings. The van der Waals surface area contributed by atoms with E-state index < -0.39 is 7.60 Å². The lowest BCUT2D eigenvalue weighted by molar-refractivity contribution is 0.219. The Bertz CT molecular complexity index is 444. The third-order valence-corrected chi connectivity index (χ3v) is 4.70. The fraction of sp³-hybridized carbons (Fsp3) is 0.643. The van der Waals surface area contributed by atoms with Crippen LogP contribution >= 0.6 is 7.60 Å². The van der Waals surface area contributed by atoms with Crippen molar-refractivity contribution in [2.24, 2.45) is 0 Å². The Morgan fingerprint density at radius 2 is 1.79 bits per heavy atom. The van der Waals surface area contributed by atoms with Crippen LogP contribution < -0.4 is 0 Å². The molecule has 4 nitrogen and oxygen atoms in total. The lowest BCUT2D eigenvalue weighted by atomic mass is 9.87. The number of pyridine rings is 1. The zero-order valence-corrected chi connectivity index (χ0v) is 13.4. The fourth-order valence-corrected chi connectivity index (χ4v) is 3.37. The van der Waals surface area contributed by atoms with Gasteiger partial charge in [-0.25, -0.2) is 0 Å². The van der Waals surface area contributed by atoms with E-state index in [0.29, 0.717) is 13.2 Å². The van der Waals surface area contributed by atoms with Gasteiger partial charge in [0, 0.05) is 6.20 Å². The van der Waals surface area contributed by atoms with E-state index >= 15 is 0 Å². The van der Waals surface area contributed by atoms with Crippen LogP contribution in [0, 0.1) is 0 Å². The molecule has 0 fully saturated rings. The largest absolute Gasteiger partial charge is 0.336 e. The predicted molar refractivity (Wildman–Crippen MR) is 77.5 cm³/mol. The summed E-state index contributed by atoms with van der Waals surface area (Å²) in [5, 5.41) is 0. The van der Waals surface area contributed by atoms with Crippen LogP contribution in [-0.4, -0.2) is 18.2 Å². The molecule has 0 aliphatic carbocycles. The maximum Gasteiger partial charge on any atom is 0.336 e. The molecule has 0 saturated heterocycles. The first-order valence-electron chi connectivity index (χ1n) is 6.64. The summed E-state index contributed by atoms with van der Waals surface area (Å²) in [6.07, 6.45) is 1.97. The minimum absolute atomic E-state index is 0.0406. The Kier molecular flexibility index (Phi) is 5.72. The van der Waals surface area contributed by atoms with Crippen molar-refractivity contribution in [2.45, 2.75) is 46.2 Å². The van der Waals surface area contributed by atoms with Gasteiger partial charge < -0.3 is 9.05 Å². The van der Waals surface area contributed by atoms with Gasteiger partial charge in [-0.2, -0.15) is 0 Å². The van der Waals surface area contributed by atoms with Crippen LogP contribution in [0.2, 0.25) is 0 Å². The summed E-state index contributed by atoms with van der Waals surface area (Å²) in [5.41, 5.74) is 1.95. The van der Waals surface area contributed by atoms with Gasteiger partial charge in [-0.05, 0) is 37.0 Å². The number of nitrogens with zero attached hydrogens (tertiary/aromatic N) is 1. The van der Waals surface area contributed by atoms with Crippen LogP contribution in [0.25, 0.3) is 0 Å². The Morgan fingerprint density at radius 1 is 1.21 bits per heavy atom. The first kappa shape index (κ1) is 16.4. The monoisotopic (exact) mass is 285 g/mol. The highest BCUT2D eigenvalue weighted by Crippen LogP contribution is 2.51. The number of hydrogen-bond donors (Lipinski definition) is 0. The molecule has 1 aromatic heterocycles. The molecule has 1 rings (SSSR count). The van der Waals surface area contributed by atoms with Crippen LogP contribution in [0.5, 0.6) is 0 Å². The molecule has 19 heavy (non-hydrogen) atoms. The molecule has 0 atom stereocenters. The average Bonchev–Trinajstić information content (AvgIpc) is 2.28. The van der Waals surface area contributed by atoms with Crippen molar-refractivity contribution in [3.8, 4) is 0 Å². The quantitative estimate of drug-likeness (QED) is 0.737. The minimum atomic E-state index is -3.08. The van der Waals surface area contributed by atoms with E-state index in [1.165, 1.54) is 0 Å². The first-order chi connectivity index (χ1) is 8.80. The molecule has 0 radical (unpaired) electrons. The minimum Gasteiger partial charge on any atom is -0.309 e. The van der Waals surface area contributed by atoms with Crippen LogP contribution in [0.1, 0.15) is 45.9 Å². The summed E-state index contributed by atoms with van der Waals surface area (Å²) >= 11 is 0. The third kappa shape index (κ3) is 5.06. The highest BCUT2D eigenvalue weighted by Gasteiger charge is 2.25. The van der Waals surface area contributed by atoms with E-state index in [0.717, 1.165) is 11.3 Å². The van der Waals surface area contributed by atoms with Gasteiger partial charge in [-0.3, -0.25) is 9.55 Å². The van der Waals surface area contributed by atoms with Gasteiger partial charge in [0.25, 0.3) is 0 Å². The highest BCUT2D eigenvalue weighted by molar-refractivity contribution is 7.53. The molecule has 0 N–H and O–H groups in total. The molecule has 0 unspecified atom stereocenters. The highest BCUT2D eigenvalue weighted by atomic mass is 31.2. The maximum atomic E-state index is 12.5. The molecule has 0 saturated carbocycles. The Morgan fingerprint density at radius 3 is 2.26 bits per heavy atom. The number of aromatic nitrogens is 1. The lowest BCUT2D eigenvalue weighted by Gasteiger charge is -2.21. The molecule has 1 heterocycles. The molecule has 108 valence electrons. The summed E-state index contributed by atoms with van der Waals surface area (Å²) in [5.74, 6) is 0. The number of hydrogen-bond acceptors (Lipinski definition) is 4. The second-order valence-electron chi connectivity index (χ2n) is 5.39. The van der Waals surface area contributed by atoms with Crippen molar-refractivity contribution >= 4 is 7.60 Å². The van der Waals surface area contributed by atoms with Crippen molar-refractivity contribution < 1.29 is 13.6 Å². The standard InChI is InChI=1S/C14H24NO3P/c1-6-17-19(16,18-7-2)11-13-10-12(8-9-15-13)14(3,4)5/h8-10H,6-7,11H2,1-5H3. The van der Waals surface area contributed by atoms with E-state index in [4.69, 9.17) is 9.05 Å². The SMILES string of the molecule is CCOP(=O)(Cc1cc(C(C)(C)C)ccn1)OCC. The van der Waals surface area contributed by atoms with Crippen LogP contribution in [-0.2, 0) is 25.2 Å². The van der Waals surface area contributed by atoms with E-state index in [1.54, 1.807) is 6.20 Å². The Balaban J connectivity index is 2.94. The van der Waals surface area contributed by atoms with E-state index in [2.05, 4.69) is 25.8 Å². The molecule has 0 amide bonds. The molecule has 5 heteroatoms. The molecular formula is C14H24NO3P. The van der Waals surface area contributed by atoms with Gasteiger partial charge in [0.15, 0.2) is 0 Å². The predicted octanol–water partition coefficient (Wildman–Crippen LogP) is 4.15. The number of rotatable bonds is 6. The van der Waals surface area contributed by atoms with Crippen molar-refractivity contribution in [1.29, 1.82) is 0 Å². The summed E-state index contributed by atoms with van der Waals surface area (Å²) < 4.78 is 23.0. The third-order valence-electron chi connectivity index (χ3n) is 2.69. The van der Waals surface area contributed by atoms with Gasteiger partial charge in [0.1, 0.15) is 0 Å². The van der Waals surface area contributed by atoms with Gasteiger partial charge >= 0.3 is 7.60 Å². The summed E-state index contributed by atoms with van der Waals surface area (Å²) in [6.45, 7) is 10.8. The van der Waals surface area contributed by atoms with Crippen molar-refractivity contribution in [1.82, 2.24) is 4.98 Å². The zero-order valence-electron chi connectivity index (χ0n) is 12.5. The van der Waals surface area contributed by atoms with Crippen molar-refractivity contribution in [3.63, 3.8) is 0 Å². The lowest BCUT2D eigenvalue weighted by Crippen LogP contribution is -2.12. The van der Waals surface area contributed by atoms with E-state index in [9.17, 15) is 4.57 Å². The van der Waals surface area contributed by atoms with Gasteiger partial charge in [-0.1, -0.05) is 20.8 Å². The topological polar surface area (TPSA) is 48.4 Å². The molecule has 0 bridgehead atoms. The van der Waals surface area contributed by atoms with E-state index in [1.807, 2.05) is 26.0 Å². The van der Waals surface area contributed by atoms with Gasteiger partial charge in [0.2, 0.25) is 0 Å². The normalized spacial score (nSPS) is 12.7. The zero-order chi connectivity index (χ0) is 14.5. The Labute approximate surface area is 116 Å². The molecular weight excluding hydrogens is 261 g/mol. The summed E-state index contributed by atoms with van der Waals surface area (Å²) in [6, 6.07) is 3.96. The second kappa shape index (κ2) is 6.65. The fourth-order valence-electron chi connectivity index (χ4n) is 1.75. The summed E-state index contributed by atoms with van der Waals surface area (Å²) in [4.78, 5) is 4.27. The molecule has 0 aliphatic heterocycles. The Hall–Kier alpha value is -0.700. The van der Waals surface area contributed by atoms with Crippen molar-refractivity contribution in [3.05, 3.63) is 29.6 Å². The average molecular weight is 285 g/mol. The first-order valence-corrected chi connectivity index (χ1v) is 8.37. The molecule has 0 aliphatic rings. The van der Waals surface area contributed by atoms with Gasteiger partial charge in [0.05, 0.1) is 25.1 Å². The van der Waals surface area contributed by atoms with E-state index in [-0.39, 0.29) is 11.6 Å². The maximum absolute atomic E-state index is 12.5. The summed E-state index contributed by atoms with van der Waals surface area (Å²) in [7, 11) is -3.08.